The molecule has 0 spiro atoms. The molecular weight excluding hydrogens is 312 g/mol. The Kier molecular flexibility index (Phi) is 5.75. The molecule has 2 aromatic rings. The number of nitrogens with one attached hydrogen (secondary N) is 2. The van der Waals surface area contributed by atoms with Gasteiger partial charge in [-0.2, -0.15) is 0 Å². The van der Waals surface area contributed by atoms with E-state index in [2.05, 4.69) is 10.6 Å². The van der Waals surface area contributed by atoms with E-state index in [0.29, 0.717) is 17.7 Å². The average Bonchev–Trinajstić information content (AvgIpc) is 3.15. The van der Waals surface area contributed by atoms with Crippen LogP contribution < -0.4 is 10.6 Å². The molecule has 128 valence electrons. The van der Waals surface area contributed by atoms with Crippen molar-refractivity contribution in [3.63, 3.8) is 0 Å². The van der Waals surface area contributed by atoms with Crippen molar-refractivity contribution >= 4 is 17.8 Å². The molecule has 1 aliphatic heterocycles. The third-order valence-electron chi connectivity index (χ3n) is 4.29. The van der Waals surface area contributed by atoms with Gasteiger partial charge in [-0.05, 0) is 43.2 Å². The summed E-state index contributed by atoms with van der Waals surface area (Å²) in [6.45, 7) is 0.950. The molecule has 4 nitrogen and oxygen atoms in total. The van der Waals surface area contributed by atoms with Crippen LogP contribution in [0, 0.1) is 0 Å². The highest BCUT2D eigenvalue weighted by atomic mass is 16.2. The number of benzene rings is 2. The van der Waals surface area contributed by atoms with Crippen LogP contribution in [0.2, 0.25) is 0 Å². The van der Waals surface area contributed by atoms with Gasteiger partial charge >= 0.3 is 0 Å². The molecule has 0 saturated carbocycles. The summed E-state index contributed by atoms with van der Waals surface area (Å²) in [7, 11) is 0. The third-order valence-corrected chi connectivity index (χ3v) is 4.29. The molecule has 1 heterocycles. The molecule has 0 aliphatic carbocycles. The van der Waals surface area contributed by atoms with Gasteiger partial charge in [0.25, 0.3) is 5.91 Å². The van der Waals surface area contributed by atoms with Gasteiger partial charge in [0.05, 0.1) is 5.70 Å². The number of amides is 1. The molecule has 2 N–H and O–H groups in total. The van der Waals surface area contributed by atoms with Crippen molar-refractivity contribution in [2.24, 2.45) is 0 Å². The second-order valence-electron chi connectivity index (χ2n) is 6.21. The van der Waals surface area contributed by atoms with Crippen LogP contribution in [-0.2, 0) is 4.79 Å². The Morgan fingerprint density at radius 2 is 1.72 bits per heavy atom. The molecule has 25 heavy (non-hydrogen) atoms. The summed E-state index contributed by atoms with van der Waals surface area (Å²) in [4.78, 5) is 25.2. The first-order valence-corrected chi connectivity index (χ1v) is 8.62. The topological polar surface area (TPSA) is 58.2 Å². The molecule has 0 radical (unpaired) electrons. The summed E-state index contributed by atoms with van der Waals surface area (Å²) in [5.41, 5.74) is 1.76. The maximum absolute atomic E-state index is 12.7. The van der Waals surface area contributed by atoms with Crippen LogP contribution in [0.1, 0.15) is 35.2 Å². The molecule has 0 bridgehead atoms. The lowest BCUT2D eigenvalue weighted by molar-refractivity contribution is -0.116. The second kappa shape index (κ2) is 8.40. The fourth-order valence-corrected chi connectivity index (χ4v) is 2.95. The van der Waals surface area contributed by atoms with Crippen LogP contribution in [-0.4, -0.2) is 24.3 Å². The van der Waals surface area contributed by atoms with E-state index in [0.717, 1.165) is 24.9 Å². The molecule has 0 aromatic heterocycles. The van der Waals surface area contributed by atoms with Gasteiger partial charge in [0.15, 0.2) is 5.78 Å². The summed E-state index contributed by atoms with van der Waals surface area (Å²) in [6, 6.07) is 18.7. The molecule has 1 fully saturated rings. The van der Waals surface area contributed by atoms with Crippen molar-refractivity contribution in [3.8, 4) is 0 Å². The van der Waals surface area contributed by atoms with Gasteiger partial charge < -0.3 is 10.6 Å². The SMILES string of the molecule is O=C(CC1CCCN1)C(=Cc1ccccc1)NC(=O)c1ccccc1. The number of hydrogen-bond acceptors (Lipinski definition) is 3. The number of allylic oxidation sites excluding steroid dienone is 1. The van der Waals surface area contributed by atoms with E-state index in [9.17, 15) is 9.59 Å². The zero-order valence-corrected chi connectivity index (χ0v) is 14.1. The Morgan fingerprint density at radius 3 is 2.36 bits per heavy atom. The van der Waals surface area contributed by atoms with Crippen molar-refractivity contribution in [3.05, 3.63) is 77.5 Å². The summed E-state index contributed by atoms with van der Waals surface area (Å²) in [6.07, 6.45) is 4.23. The molecule has 1 aliphatic rings. The third kappa shape index (κ3) is 4.88. The second-order valence-corrected chi connectivity index (χ2v) is 6.21. The molecule has 1 atom stereocenters. The summed E-state index contributed by atoms with van der Waals surface area (Å²) in [5, 5.41) is 6.13. The Morgan fingerprint density at radius 1 is 1.04 bits per heavy atom. The molecule has 4 heteroatoms. The van der Waals surface area contributed by atoms with Crippen molar-refractivity contribution in [1.29, 1.82) is 0 Å². The maximum Gasteiger partial charge on any atom is 0.255 e. The van der Waals surface area contributed by atoms with E-state index in [4.69, 9.17) is 0 Å². The van der Waals surface area contributed by atoms with Gasteiger partial charge in [0.2, 0.25) is 0 Å². The van der Waals surface area contributed by atoms with Crippen molar-refractivity contribution in [2.75, 3.05) is 6.54 Å². The number of carbonyl (C=O) groups is 2. The van der Waals surface area contributed by atoms with Gasteiger partial charge in [0.1, 0.15) is 0 Å². The van der Waals surface area contributed by atoms with Gasteiger partial charge in [-0.15, -0.1) is 0 Å². The first kappa shape index (κ1) is 17.1. The fourth-order valence-electron chi connectivity index (χ4n) is 2.95. The van der Waals surface area contributed by atoms with Crippen molar-refractivity contribution in [1.82, 2.24) is 10.6 Å². The Bertz CT molecular complexity index is 748. The lowest BCUT2D eigenvalue weighted by Crippen LogP contribution is -2.31. The Hall–Kier alpha value is -2.72. The lowest BCUT2D eigenvalue weighted by atomic mass is 10.0. The van der Waals surface area contributed by atoms with E-state index in [-0.39, 0.29) is 17.7 Å². The number of hydrogen-bond donors (Lipinski definition) is 2. The number of ketones is 1. The molecule has 2 aromatic carbocycles. The van der Waals surface area contributed by atoms with Crippen LogP contribution in [0.15, 0.2) is 66.4 Å². The van der Waals surface area contributed by atoms with E-state index in [1.165, 1.54) is 0 Å². The molecule has 1 amide bonds. The fraction of sp³-hybridized carbons (Fsp3) is 0.238. The van der Waals surface area contributed by atoms with Gasteiger partial charge in [-0.1, -0.05) is 48.5 Å². The maximum atomic E-state index is 12.7. The van der Waals surface area contributed by atoms with E-state index in [1.54, 1.807) is 30.3 Å². The monoisotopic (exact) mass is 334 g/mol. The minimum absolute atomic E-state index is 0.0486. The van der Waals surface area contributed by atoms with Crippen molar-refractivity contribution < 1.29 is 9.59 Å². The quantitative estimate of drug-likeness (QED) is 0.798. The van der Waals surface area contributed by atoms with E-state index in [1.807, 2.05) is 36.4 Å². The normalized spacial score (nSPS) is 17.3. The van der Waals surface area contributed by atoms with E-state index >= 15 is 0 Å². The highest BCUT2D eigenvalue weighted by molar-refractivity contribution is 6.06. The summed E-state index contributed by atoms with van der Waals surface area (Å²) in [5.74, 6) is -0.317. The Balaban J connectivity index is 1.79. The molecular formula is C21H22N2O2. The molecule has 1 saturated heterocycles. The van der Waals surface area contributed by atoms with Crippen LogP contribution in [0.5, 0.6) is 0 Å². The van der Waals surface area contributed by atoms with Crippen LogP contribution >= 0.6 is 0 Å². The van der Waals surface area contributed by atoms with Crippen molar-refractivity contribution in [2.45, 2.75) is 25.3 Å². The highest BCUT2D eigenvalue weighted by Gasteiger charge is 2.21. The average molecular weight is 334 g/mol. The Labute approximate surface area is 148 Å². The summed E-state index contributed by atoms with van der Waals surface area (Å²) < 4.78 is 0. The first-order valence-electron chi connectivity index (χ1n) is 8.62. The predicted octanol–water partition coefficient (Wildman–Crippen LogP) is 3.17. The number of rotatable bonds is 6. The standard InChI is InChI=1S/C21H22N2O2/c24-20(15-18-12-7-13-22-18)19(14-16-8-3-1-4-9-16)23-21(25)17-10-5-2-6-11-17/h1-6,8-11,14,18,22H,7,12-13,15H2,(H,23,25). The number of carbonyl (C=O) groups excluding carboxylic acids is 2. The smallest absolute Gasteiger partial charge is 0.255 e. The number of Topliss-reactive ketones (excluding diaryl/α,β-unsaturated/α-hetero) is 1. The van der Waals surface area contributed by atoms with Gasteiger partial charge in [0, 0.05) is 18.0 Å². The minimum atomic E-state index is -0.268. The van der Waals surface area contributed by atoms with Crippen LogP contribution in [0.25, 0.3) is 6.08 Å². The molecule has 3 rings (SSSR count). The summed E-state index contributed by atoms with van der Waals surface area (Å²) >= 11 is 0. The molecule has 1 unspecified atom stereocenters. The predicted molar refractivity (Wildman–Crippen MR) is 99.0 cm³/mol. The van der Waals surface area contributed by atoms with Gasteiger partial charge in [-0.3, -0.25) is 9.59 Å². The lowest BCUT2D eigenvalue weighted by Gasteiger charge is -2.13. The van der Waals surface area contributed by atoms with Crippen LogP contribution in [0.4, 0.5) is 0 Å². The zero-order chi connectivity index (χ0) is 17.5. The van der Waals surface area contributed by atoms with E-state index < -0.39 is 0 Å². The minimum Gasteiger partial charge on any atom is -0.319 e. The zero-order valence-electron chi connectivity index (χ0n) is 14.1. The largest absolute Gasteiger partial charge is 0.319 e. The van der Waals surface area contributed by atoms with Gasteiger partial charge in [-0.25, -0.2) is 0 Å². The van der Waals surface area contributed by atoms with Crippen LogP contribution in [0.3, 0.4) is 0 Å². The first-order chi connectivity index (χ1) is 12.2. The highest BCUT2D eigenvalue weighted by Crippen LogP contribution is 2.14.